The summed E-state index contributed by atoms with van der Waals surface area (Å²) in [6, 6.07) is 0. The van der Waals surface area contributed by atoms with Gasteiger partial charge in [0, 0.05) is 0 Å². The predicted octanol–water partition coefficient (Wildman–Crippen LogP) is 3.54. The molecule has 0 amide bonds. The second-order valence-corrected chi connectivity index (χ2v) is 5.00. The van der Waals surface area contributed by atoms with Crippen molar-refractivity contribution in [3.8, 4) is 0 Å². The first-order chi connectivity index (χ1) is 5.61. The maximum Gasteiger partial charge on any atom is 0.369 e. The molecule has 1 aliphatic rings. The van der Waals surface area contributed by atoms with Crippen LogP contribution in [0.1, 0.15) is 0 Å². The Morgan fingerprint density at radius 3 is 1.23 bits per heavy atom. The van der Waals surface area contributed by atoms with Gasteiger partial charge in [0.05, 0.1) is 0 Å². The highest BCUT2D eigenvalue weighted by atomic mass is 32.2. The zero-order valence-corrected chi connectivity index (χ0v) is 7.17. The summed E-state index contributed by atoms with van der Waals surface area (Å²) in [6.45, 7) is 0. The molecule has 0 aromatic heterocycles. The predicted molar refractivity (Wildman–Crippen MR) is 34.9 cm³/mol. The molecule has 1 rings (SSSR count). The molecule has 1 heterocycles. The van der Waals surface area contributed by atoms with Crippen LogP contribution in [0.25, 0.3) is 0 Å². The lowest BCUT2D eigenvalue weighted by atomic mass is 10.7. The Morgan fingerprint density at radius 1 is 0.769 bits per heavy atom. The molecule has 0 nitrogen and oxygen atoms in total. The second-order valence-electron chi connectivity index (χ2n) is 2.12. The molecule has 1 fully saturated rings. The average molecular weight is 246 g/mol. The van der Waals surface area contributed by atoms with E-state index in [0.29, 0.717) is 0 Å². The van der Waals surface area contributed by atoms with Crippen molar-refractivity contribution < 1.29 is 30.7 Å². The third-order valence-electron chi connectivity index (χ3n) is 1.13. The monoisotopic (exact) mass is 246 g/mol. The molecule has 0 N–H and O–H groups in total. The summed E-state index contributed by atoms with van der Waals surface area (Å²) in [5, 5.41) is -9.61. The van der Waals surface area contributed by atoms with E-state index in [2.05, 4.69) is 0 Å². The molecular weight excluding hydrogens is 245 g/mol. The highest BCUT2D eigenvalue weighted by Crippen LogP contribution is 2.69. The highest BCUT2D eigenvalue weighted by Gasteiger charge is 2.74. The molecule has 0 aliphatic carbocycles. The second kappa shape index (κ2) is 2.85. The largest absolute Gasteiger partial charge is 0.369 e. The Balaban J connectivity index is 2.93. The summed E-state index contributed by atoms with van der Waals surface area (Å²) in [6.07, 6.45) is -3.89. The van der Waals surface area contributed by atoms with Crippen LogP contribution in [-0.2, 0) is 0 Å². The fourth-order valence-electron chi connectivity index (χ4n) is 0.578. The van der Waals surface area contributed by atoms with E-state index < -0.39 is 44.8 Å². The van der Waals surface area contributed by atoms with Gasteiger partial charge < -0.3 is 0 Å². The molecule has 0 unspecified atom stereocenters. The lowest BCUT2D eigenvalue weighted by Crippen LogP contribution is -2.28. The van der Waals surface area contributed by atoms with E-state index in [1.54, 1.807) is 0 Å². The van der Waals surface area contributed by atoms with Crippen LogP contribution in [0.15, 0.2) is 0 Å². The Morgan fingerprint density at radius 2 is 1.08 bits per heavy atom. The highest BCUT2D eigenvalue weighted by molar-refractivity contribution is 8.22. The summed E-state index contributed by atoms with van der Waals surface area (Å²) in [7, 11) is 0. The van der Waals surface area contributed by atoms with Crippen LogP contribution >= 0.6 is 23.5 Å². The van der Waals surface area contributed by atoms with E-state index in [0.717, 1.165) is 0 Å². The lowest BCUT2D eigenvalue weighted by molar-refractivity contribution is -0.0803. The SMILES string of the molecule is FC(F)C1(F)SC(F)(F)C(F)(F)S1. The van der Waals surface area contributed by atoms with E-state index in [1.807, 2.05) is 0 Å². The summed E-state index contributed by atoms with van der Waals surface area (Å²) in [5.41, 5.74) is 0. The standard InChI is InChI=1S/C4HF7S2/c5-1(6)2(7)12-3(8,9)4(10,11)13-2/h1H. The third-order valence-corrected chi connectivity index (χ3v) is 3.70. The van der Waals surface area contributed by atoms with Gasteiger partial charge >= 0.3 is 10.5 Å². The van der Waals surface area contributed by atoms with Crippen LogP contribution < -0.4 is 0 Å². The molecule has 0 atom stereocenters. The van der Waals surface area contributed by atoms with E-state index in [1.165, 1.54) is 0 Å². The van der Waals surface area contributed by atoms with Crippen molar-refractivity contribution in [3.05, 3.63) is 0 Å². The van der Waals surface area contributed by atoms with E-state index in [-0.39, 0.29) is 0 Å². The topological polar surface area (TPSA) is 0 Å². The first-order valence-electron chi connectivity index (χ1n) is 2.74. The van der Waals surface area contributed by atoms with Crippen molar-refractivity contribution in [3.63, 3.8) is 0 Å². The molecule has 1 aliphatic heterocycles. The van der Waals surface area contributed by atoms with Crippen LogP contribution in [0.3, 0.4) is 0 Å². The third kappa shape index (κ3) is 1.72. The smallest absolute Gasteiger partial charge is 0.213 e. The van der Waals surface area contributed by atoms with Crippen LogP contribution in [0.2, 0.25) is 0 Å². The average Bonchev–Trinajstić information content (AvgIpc) is 1.97. The molecule has 9 heteroatoms. The van der Waals surface area contributed by atoms with Gasteiger partial charge in [-0.2, -0.15) is 17.6 Å². The zero-order chi connectivity index (χ0) is 10.5. The van der Waals surface area contributed by atoms with Crippen molar-refractivity contribution in [1.29, 1.82) is 0 Å². The molecule has 0 bridgehead atoms. The molecule has 0 spiro atoms. The molecule has 13 heavy (non-hydrogen) atoms. The van der Waals surface area contributed by atoms with Crippen LogP contribution in [0.4, 0.5) is 30.7 Å². The Labute approximate surface area is 76.2 Å². The van der Waals surface area contributed by atoms with Crippen molar-refractivity contribution in [2.45, 2.75) is 21.3 Å². The molecule has 0 aromatic rings. The number of rotatable bonds is 1. The number of alkyl halides is 7. The molecule has 0 aromatic carbocycles. The van der Waals surface area contributed by atoms with Gasteiger partial charge in [-0.15, -0.1) is 0 Å². The summed E-state index contributed by atoms with van der Waals surface area (Å²) < 4.78 is 80.9. The Kier molecular flexibility index (Phi) is 2.47. The van der Waals surface area contributed by atoms with E-state index in [4.69, 9.17) is 0 Å². The molecular formula is C4HF7S2. The van der Waals surface area contributed by atoms with Gasteiger partial charge in [-0.25, -0.2) is 13.2 Å². The van der Waals surface area contributed by atoms with Crippen molar-refractivity contribution in [2.24, 2.45) is 0 Å². The first-order valence-corrected chi connectivity index (χ1v) is 4.37. The quantitative estimate of drug-likeness (QED) is 0.649. The number of hydrogen-bond donors (Lipinski definition) is 0. The van der Waals surface area contributed by atoms with Crippen LogP contribution in [-0.4, -0.2) is 21.3 Å². The summed E-state index contributed by atoms with van der Waals surface area (Å²) in [5.74, 6) is 0. The minimum absolute atomic E-state index is 1.35. The molecule has 78 valence electrons. The van der Waals surface area contributed by atoms with E-state index >= 15 is 0 Å². The molecule has 0 radical (unpaired) electrons. The van der Waals surface area contributed by atoms with Crippen molar-refractivity contribution >= 4 is 23.5 Å². The zero-order valence-electron chi connectivity index (χ0n) is 5.54. The minimum Gasteiger partial charge on any atom is -0.213 e. The van der Waals surface area contributed by atoms with Crippen LogP contribution in [0.5, 0.6) is 0 Å². The fourth-order valence-corrected chi connectivity index (χ4v) is 2.74. The van der Waals surface area contributed by atoms with Gasteiger partial charge in [-0.1, -0.05) is 0 Å². The van der Waals surface area contributed by atoms with Gasteiger partial charge in [0.2, 0.25) is 0 Å². The number of hydrogen-bond acceptors (Lipinski definition) is 2. The number of thioether (sulfide) groups is 2. The van der Waals surface area contributed by atoms with Crippen molar-refractivity contribution in [1.82, 2.24) is 0 Å². The van der Waals surface area contributed by atoms with Gasteiger partial charge in [0.1, 0.15) is 0 Å². The normalized spacial score (nSPS) is 29.5. The maximum atomic E-state index is 12.6. The maximum absolute atomic E-state index is 12.6. The number of halogens is 7. The summed E-state index contributed by atoms with van der Waals surface area (Å²) in [4.78, 5) is 0. The molecule has 1 saturated heterocycles. The van der Waals surface area contributed by atoms with Gasteiger partial charge in [-0.05, 0) is 23.5 Å². The Hall–Kier alpha value is 0.210. The van der Waals surface area contributed by atoms with Crippen molar-refractivity contribution in [2.75, 3.05) is 0 Å². The minimum atomic E-state index is -4.80. The van der Waals surface area contributed by atoms with Gasteiger partial charge in [0.25, 0.3) is 10.8 Å². The first kappa shape index (κ1) is 11.3. The Bertz CT molecular complexity index is 199. The fraction of sp³-hybridized carbons (Fsp3) is 1.00. The van der Waals surface area contributed by atoms with Crippen LogP contribution in [0, 0.1) is 0 Å². The molecule has 0 saturated carbocycles. The van der Waals surface area contributed by atoms with E-state index in [9.17, 15) is 30.7 Å². The van der Waals surface area contributed by atoms with Gasteiger partial charge in [0.15, 0.2) is 0 Å². The summed E-state index contributed by atoms with van der Waals surface area (Å²) >= 11 is -2.70. The lowest BCUT2D eigenvalue weighted by Gasteiger charge is -2.13. The van der Waals surface area contributed by atoms with Gasteiger partial charge in [-0.3, -0.25) is 0 Å².